The zero-order valence-corrected chi connectivity index (χ0v) is 12.1. The maximum absolute atomic E-state index is 10.7. The molecule has 100 valence electrons. The zero-order chi connectivity index (χ0) is 13.5. The van der Waals surface area contributed by atoms with Crippen molar-refractivity contribution >= 4 is 15.9 Å². The summed E-state index contributed by atoms with van der Waals surface area (Å²) in [5.74, 6) is 0.568. The molecular weight excluding hydrogens is 306 g/mol. The molecule has 3 N–H and O–H groups in total. The van der Waals surface area contributed by atoms with Crippen LogP contribution in [-0.4, -0.2) is 11.7 Å². The van der Waals surface area contributed by atoms with Gasteiger partial charge in [0.25, 0.3) is 0 Å². The van der Waals surface area contributed by atoms with E-state index in [1.54, 1.807) is 12.3 Å². The van der Waals surface area contributed by atoms with E-state index in [4.69, 9.17) is 10.2 Å². The van der Waals surface area contributed by atoms with Crippen LogP contribution in [0, 0.1) is 5.41 Å². The smallest absolute Gasteiger partial charge is 0.147 e. The number of hydrogen-bond donors (Lipinski definition) is 2. The molecule has 1 aliphatic rings. The number of rotatable bonds is 3. The average Bonchev–Trinajstić information content (AvgIpc) is 3.01. The van der Waals surface area contributed by atoms with Crippen molar-refractivity contribution in [1.29, 1.82) is 0 Å². The maximum atomic E-state index is 10.7. The van der Waals surface area contributed by atoms with Gasteiger partial charge in [0.1, 0.15) is 11.9 Å². The second-order valence-electron chi connectivity index (χ2n) is 5.22. The number of fused-ring (bicyclic) bond motifs is 1. The molecule has 1 aromatic carbocycles. The number of halogens is 1. The molecule has 4 heteroatoms. The van der Waals surface area contributed by atoms with Crippen molar-refractivity contribution in [2.75, 3.05) is 6.54 Å². The van der Waals surface area contributed by atoms with E-state index in [0.717, 1.165) is 17.3 Å². The molecule has 0 spiro atoms. The molecule has 1 atom stereocenters. The van der Waals surface area contributed by atoms with E-state index in [0.29, 0.717) is 12.3 Å². The van der Waals surface area contributed by atoms with Gasteiger partial charge in [-0.25, -0.2) is 0 Å². The van der Waals surface area contributed by atoms with Crippen molar-refractivity contribution in [3.05, 3.63) is 58.0 Å². The van der Waals surface area contributed by atoms with Crippen LogP contribution in [0.4, 0.5) is 0 Å². The largest absolute Gasteiger partial charge is 0.465 e. The molecule has 19 heavy (non-hydrogen) atoms. The van der Waals surface area contributed by atoms with E-state index in [2.05, 4.69) is 28.1 Å². The van der Waals surface area contributed by atoms with Crippen LogP contribution in [0.3, 0.4) is 0 Å². The Morgan fingerprint density at radius 3 is 2.37 bits per heavy atom. The van der Waals surface area contributed by atoms with Gasteiger partial charge in [-0.1, -0.05) is 24.3 Å². The van der Waals surface area contributed by atoms with Gasteiger partial charge in [0.15, 0.2) is 0 Å². The molecule has 1 aromatic heterocycles. The molecule has 0 amide bonds. The van der Waals surface area contributed by atoms with Crippen LogP contribution in [0.15, 0.2) is 45.5 Å². The van der Waals surface area contributed by atoms with E-state index in [-0.39, 0.29) is 5.41 Å². The minimum absolute atomic E-state index is 0.371. The fourth-order valence-corrected chi connectivity index (χ4v) is 3.37. The minimum Gasteiger partial charge on any atom is -0.465 e. The highest BCUT2D eigenvalue weighted by atomic mass is 79.9. The van der Waals surface area contributed by atoms with Crippen LogP contribution < -0.4 is 5.73 Å². The first kappa shape index (κ1) is 12.9. The third-order valence-electron chi connectivity index (χ3n) is 4.08. The molecule has 0 saturated heterocycles. The standard InChI is InChI=1S/C15H16BrNO2/c16-12-5-6-19-13(12)14(18)15(9-17)7-10-3-1-2-4-11(10)8-15/h1-6,14,18H,7-9,17H2. The first-order valence-corrected chi connectivity index (χ1v) is 7.13. The number of aliphatic hydroxyl groups excluding tert-OH is 1. The summed E-state index contributed by atoms with van der Waals surface area (Å²) >= 11 is 3.41. The number of benzene rings is 1. The molecule has 3 nitrogen and oxygen atoms in total. The van der Waals surface area contributed by atoms with Gasteiger partial charge in [-0.2, -0.15) is 0 Å². The van der Waals surface area contributed by atoms with Crippen LogP contribution >= 0.6 is 15.9 Å². The summed E-state index contributed by atoms with van der Waals surface area (Å²) in [7, 11) is 0. The average molecular weight is 322 g/mol. The fourth-order valence-electron chi connectivity index (χ4n) is 2.95. The number of nitrogens with two attached hydrogens (primary N) is 1. The summed E-state index contributed by atoms with van der Waals surface area (Å²) in [5, 5.41) is 10.7. The second-order valence-corrected chi connectivity index (χ2v) is 6.08. The van der Waals surface area contributed by atoms with Crippen LogP contribution in [0.5, 0.6) is 0 Å². The summed E-state index contributed by atoms with van der Waals surface area (Å²) in [6.45, 7) is 0.427. The fraction of sp³-hybridized carbons (Fsp3) is 0.333. The summed E-state index contributed by atoms with van der Waals surface area (Å²) in [6, 6.07) is 10.1. The zero-order valence-electron chi connectivity index (χ0n) is 10.5. The normalized spacial score (nSPS) is 18.3. The summed E-state index contributed by atoms with van der Waals surface area (Å²) in [5.41, 5.74) is 8.16. The van der Waals surface area contributed by atoms with E-state index in [1.165, 1.54) is 11.1 Å². The van der Waals surface area contributed by atoms with E-state index < -0.39 is 6.10 Å². The van der Waals surface area contributed by atoms with Gasteiger partial charge in [0.2, 0.25) is 0 Å². The third kappa shape index (κ3) is 2.04. The van der Waals surface area contributed by atoms with Gasteiger partial charge in [0, 0.05) is 12.0 Å². The predicted octanol–water partition coefficient (Wildman–Crippen LogP) is 2.82. The molecule has 0 bridgehead atoms. The molecule has 1 heterocycles. The van der Waals surface area contributed by atoms with E-state index in [1.807, 2.05) is 12.1 Å². The highest BCUT2D eigenvalue weighted by Gasteiger charge is 2.44. The lowest BCUT2D eigenvalue weighted by Gasteiger charge is -2.32. The monoisotopic (exact) mass is 321 g/mol. The number of hydrogen-bond acceptors (Lipinski definition) is 3. The number of aliphatic hydroxyl groups is 1. The Morgan fingerprint density at radius 1 is 1.26 bits per heavy atom. The van der Waals surface area contributed by atoms with E-state index in [9.17, 15) is 5.11 Å². The molecule has 0 aliphatic heterocycles. The van der Waals surface area contributed by atoms with Gasteiger partial charge < -0.3 is 15.3 Å². The Labute approximate surface area is 120 Å². The first-order chi connectivity index (χ1) is 9.16. The van der Waals surface area contributed by atoms with Crippen molar-refractivity contribution in [2.45, 2.75) is 18.9 Å². The van der Waals surface area contributed by atoms with Crippen molar-refractivity contribution < 1.29 is 9.52 Å². The quantitative estimate of drug-likeness (QED) is 0.913. The van der Waals surface area contributed by atoms with Gasteiger partial charge >= 0.3 is 0 Å². The Kier molecular flexibility index (Phi) is 3.25. The molecule has 1 aliphatic carbocycles. The van der Waals surface area contributed by atoms with Gasteiger partial charge in [-0.15, -0.1) is 0 Å². The molecule has 0 radical (unpaired) electrons. The van der Waals surface area contributed by atoms with Crippen molar-refractivity contribution in [1.82, 2.24) is 0 Å². The van der Waals surface area contributed by atoms with Crippen molar-refractivity contribution in [3.8, 4) is 0 Å². The lowest BCUT2D eigenvalue weighted by molar-refractivity contribution is 0.0181. The Bertz CT molecular complexity index is 568. The predicted molar refractivity (Wildman–Crippen MR) is 76.7 cm³/mol. The topological polar surface area (TPSA) is 59.4 Å². The highest BCUT2D eigenvalue weighted by molar-refractivity contribution is 9.10. The molecule has 3 rings (SSSR count). The van der Waals surface area contributed by atoms with Crippen LogP contribution in [0.2, 0.25) is 0 Å². The van der Waals surface area contributed by atoms with Crippen LogP contribution in [0.25, 0.3) is 0 Å². The van der Waals surface area contributed by atoms with Crippen molar-refractivity contribution in [3.63, 3.8) is 0 Å². The Balaban J connectivity index is 1.97. The van der Waals surface area contributed by atoms with Crippen LogP contribution in [-0.2, 0) is 12.8 Å². The van der Waals surface area contributed by atoms with Gasteiger partial charge in [0.05, 0.1) is 10.7 Å². The molecule has 1 unspecified atom stereocenters. The van der Waals surface area contributed by atoms with E-state index >= 15 is 0 Å². The van der Waals surface area contributed by atoms with Crippen molar-refractivity contribution in [2.24, 2.45) is 11.1 Å². The minimum atomic E-state index is -0.700. The Morgan fingerprint density at radius 2 is 1.89 bits per heavy atom. The van der Waals surface area contributed by atoms with Gasteiger partial charge in [-0.05, 0) is 46.0 Å². The molecule has 0 saturated carbocycles. The molecular formula is C15H16BrNO2. The van der Waals surface area contributed by atoms with Gasteiger partial charge in [-0.3, -0.25) is 0 Å². The lowest BCUT2D eigenvalue weighted by Crippen LogP contribution is -2.37. The summed E-state index contributed by atoms with van der Waals surface area (Å²) < 4.78 is 6.21. The first-order valence-electron chi connectivity index (χ1n) is 6.34. The third-order valence-corrected chi connectivity index (χ3v) is 4.74. The Hall–Kier alpha value is -1.10. The maximum Gasteiger partial charge on any atom is 0.147 e. The summed E-state index contributed by atoms with van der Waals surface area (Å²) in [6.07, 6.45) is 2.45. The number of furan rings is 1. The second kappa shape index (κ2) is 4.78. The SMILES string of the molecule is NCC1(C(O)c2occc2Br)Cc2ccccc2C1. The lowest BCUT2D eigenvalue weighted by atomic mass is 9.78. The van der Waals surface area contributed by atoms with Crippen LogP contribution in [0.1, 0.15) is 23.0 Å². The molecule has 2 aromatic rings. The highest BCUT2D eigenvalue weighted by Crippen LogP contribution is 2.46. The summed E-state index contributed by atoms with van der Waals surface area (Å²) in [4.78, 5) is 0. The molecule has 0 fully saturated rings.